The largest absolute Gasteiger partial charge is 0.461 e. The van der Waals surface area contributed by atoms with Gasteiger partial charge >= 0.3 is 5.97 Å². The Morgan fingerprint density at radius 3 is 3.06 bits per heavy atom. The first kappa shape index (κ1) is 10.5. The van der Waals surface area contributed by atoms with Gasteiger partial charge < -0.3 is 9.72 Å². The van der Waals surface area contributed by atoms with Gasteiger partial charge in [0.2, 0.25) is 0 Å². The second-order valence-corrected chi connectivity index (χ2v) is 3.40. The van der Waals surface area contributed by atoms with Gasteiger partial charge in [-0.2, -0.15) is 5.10 Å². The lowest BCUT2D eigenvalue weighted by atomic mass is 10.2. The Bertz CT molecular complexity index is 499. The summed E-state index contributed by atoms with van der Waals surface area (Å²) < 4.78 is 6.60. The molecule has 1 N–H and O–H groups in total. The number of aromatic amines is 1. The normalized spacial score (nSPS) is 10.4. The molecule has 0 bridgehead atoms. The molecule has 84 valence electrons. The van der Waals surface area contributed by atoms with Crippen molar-refractivity contribution in [3.05, 3.63) is 30.2 Å². The molecule has 0 aromatic carbocycles. The van der Waals surface area contributed by atoms with E-state index in [0.717, 1.165) is 11.3 Å². The number of rotatable bonds is 3. The van der Waals surface area contributed by atoms with E-state index in [4.69, 9.17) is 4.74 Å². The second-order valence-electron chi connectivity index (χ2n) is 3.40. The molecule has 2 aromatic heterocycles. The fourth-order valence-corrected chi connectivity index (χ4v) is 1.44. The summed E-state index contributed by atoms with van der Waals surface area (Å²) in [6.45, 7) is 2.15. The van der Waals surface area contributed by atoms with Crippen molar-refractivity contribution in [1.82, 2.24) is 14.8 Å². The summed E-state index contributed by atoms with van der Waals surface area (Å²) in [5.41, 5.74) is 2.15. The standard InChI is InChI=1S/C11H13N3O2/c1-3-16-11(15)10-6-8(7-12-10)9-4-5-14(2)13-9/h4-7,12H,3H2,1-2H3. The van der Waals surface area contributed by atoms with Gasteiger partial charge in [-0.25, -0.2) is 4.79 Å². The molecular weight excluding hydrogens is 206 g/mol. The van der Waals surface area contributed by atoms with Crippen LogP contribution in [-0.4, -0.2) is 27.3 Å². The monoisotopic (exact) mass is 219 g/mol. The minimum atomic E-state index is -0.343. The van der Waals surface area contributed by atoms with Crippen molar-refractivity contribution in [2.75, 3.05) is 6.61 Å². The van der Waals surface area contributed by atoms with E-state index in [9.17, 15) is 4.79 Å². The molecule has 0 amide bonds. The summed E-state index contributed by atoms with van der Waals surface area (Å²) >= 11 is 0. The van der Waals surface area contributed by atoms with E-state index in [2.05, 4.69) is 10.1 Å². The molecule has 5 nitrogen and oxygen atoms in total. The molecular formula is C11H13N3O2. The van der Waals surface area contributed by atoms with Crippen LogP contribution in [0.5, 0.6) is 0 Å². The van der Waals surface area contributed by atoms with E-state index in [1.165, 1.54) is 0 Å². The Morgan fingerprint density at radius 1 is 1.62 bits per heavy atom. The summed E-state index contributed by atoms with van der Waals surface area (Å²) in [6.07, 6.45) is 3.60. The molecule has 0 atom stereocenters. The second kappa shape index (κ2) is 4.22. The number of aryl methyl sites for hydroxylation is 1. The van der Waals surface area contributed by atoms with Gasteiger partial charge in [0.1, 0.15) is 5.69 Å². The van der Waals surface area contributed by atoms with E-state index < -0.39 is 0 Å². The third-order valence-electron chi connectivity index (χ3n) is 2.19. The van der Waals surface area contributed by atoms with Crippen LogP contribution in [0.1, 0.15) is 17.4 Å². The fraction of sp³-hybridized carbons (Fsp3) is 0.273. The number of hydrogen-bond acceptors (Lipinski definition) is 3. The number of carbonyl (C=O) groups is 1. The van der Waals surface area contributed by atoms with Crippen LogP contribution in [0, 0.1) is 0 Å². The zero-order chi connectivity index (χ0) is 11.5. The predicted molar refractivity (Wildman–Crippen MR) is 59.0 cm³/mol. The number of hydrogen-bond donors (Lipinski definition) is 1. The van der Waals surface area contributed by atoms with Crippen LogP contribution in [0.25, 0.3) is 11.3 Å². The van der Waals surface area contributed by atoms with E-state index in [1.54, 1.807) is 23.9 Å². The first-order valence-electron chi connectivity index (χ1n) is 5.06. The maximum Gasteiger partial charge on any atom is 0.354 e. The highest BCUT2D eigenvalue weighted by Crippen LogP contribution is 2.18. The van der Waals surface area contributed by atoms with Crippen LogP contribution in [0.2, 0.25) is 0 Å². The quantitative estimate of drug-likeness (QED) is 0.797. The van der Waals surface area contributed by atoms with Crippen LogP contribution in [0.15, 0.2) is 24.5 Å². The van der Waals surface area contributed by atoms with E-state index in [0.29, 0.717) is 12.3 Å². The number of H-pyrrole nitrogens is 1. The lowest BCUT2D eigenvalue weighted by Gasteiger charge is -1.96. The maximum atomic E-state index is 11.4. The molecule has 2 aromatic rings. The van der Waals surface area contributed by atoms with Gasteiger partial charge in [0.25, 0.3) is 0 Å². The lowest BCUT2D eigenvalue weighted by molar-refractivity contribution is 0.0520. The molecule has 2 rings (SSSR count). The molecule has 0 radical (unpaired) electrons. The molecule has 0 saturated heterocycles. The number of carbonyl (C=O) groups excluding carboxylic acids is 1. The lowest BCUT2D eigenvalue weighted by Crippen LogP contribution is -2.04. The highest BCUT2D eigenvalue weighted by molar-refractivity contribution is 5.89. The van der Waals surface area contributed by atoms with Crippen LogP contribution < -0.4 is 0 Å². The summed E-state index contributed by atoms with van der Waals surface area (Å²) in [4.78, 5) is 14.3. The van der Waals surface area contributed by atoms with Gasteiger partial charge in [-0.15, -0.1) is 0 Å². The van der Waals surface area contributed by atoms with Crippen LogP contribution in [0.3, 0.4) is 0 Å². The van der Waals surface area contributed by atoms with Gasteiger partial charge in [0.05, 0.1) is 12.3 Å². The van der Waals surface area contributed by atoms with Gasteiger partial charge in [0, 0.05) is 25.0 Å². The molecule has 0 spiro atoms. The average Bonchev–Trinajstić information content (AvgIpc) is 2.85. The number of esters is 1. The SMILES string of the molecule is CCOC(=O)c1cc(-c2ccn(C)n2)c[nH]1. The molecule has 0 unspecified atom stereocenters. The van der Waals surface area contributed by atoms with Crippen molar-refractivity contribution < 1.29 is 9.53 Å². The van der Waals surface area contributed by atoms with Gasteiger partial charge in [-0.05, 0) is 19.1 Å². The zero-order valence-electron chi connectivity index (χ0n) is 9.23. The van der Waals surface area contributed by atoms with E-state index in [1.807, 2.05) is 19.3 Å². The van der Waals surface area contributed by atoms with Crippen LogP contribution >= 0.6 is 0 Å². The summed E-state index contributed by atoms with van der Waals surface area (Å²) in [7, 11) is 1.85. The first-order valence-corrected chi connectivity index (χ1v) is 5.06. The average molecular weight is 219 g/mol. The number of ether oxygens (including phenoxy) is 1. The molecule has 0 saturated carbocycles. The van der Waals surface area contributed by atoms with Crippen molar-refractivity contribution in [3.63, 3.8) is 0 Å². The number of nitrogens with one attached hydrogen (secondary N) is 1. The smallest absolute Gasteiger partial charge is 0.354 e. The minimum absolute atomic E-state index is 0.343. The highest BCUT2D eigenvalue weighted by Gasteiger charge is 2.11. The molecule has 5 heteroatoms. The summed E-state index contributed by atoms with van der Waals surface area (Å²) in [6, 6.07) is 3.62. The van der Waals surface area contributed by atoms with E-state index in [-0.39, 0.29) is 5.97 Å². The van der Waals surface area contributed by atoms with Crippen molar-refractivity contribution in [3.8, 4) is 11.3 Å². The first-order chi connectivity index (χ1) is 7.70. The Balaban J connectivity index is 2.22. The molecule has 0 aliphatic heterocycles. The van der Waals surface area contributed by atoms with Gasteiger partial charge in [0.15, 0.2) is 0 Å². The molecule has 0 fully saturated rings. The van der Waals surface area contributed by atoms with E-state index >= 15 is 0 Å². The number of nitrogens with zero attached hydrogens (tertiary/aromatic N) is 2. The van der Waals surface area contributed by atoms with Gasteiger partial charge in [-0.1, -0.05) is 0 Å². The Labute approximate surface area is 93.0 Å². The van der Waals surface area contributed by atoms with Crippen LogP contribution in [0.4, 0.5) is 0 Å². The summed E-state index contributed by atoms with van der Waals surface area (Å²) in [5.74, 6) is -0.343. The zero-order valence-corrected chi connectivity index (χ0v) is 9.23. The maximum absolute atomic E-state index is 11.4. The third kappa shape index (κ3) is 1.98. The summed E-state index contributed by atoms with van der Waals surface area (Å²) in [5, 5.41) is 4.24. The molecule has 0 aliphatic carbocycles. The molecule has 16 heavy (non-hydrogen) atoms. The predicted octanol–water partition coefficient (Wildman–Crippen LogP) is 1.59. The topological polar surface area (TPSA) is 59.9 Å². The van der Waals surface area contributed by atoms with Crippen molar-refractivity contribution in [2.45, 2.75) is 6.92 Å². The van der Waals surface area contributed by atoms with Crippen molar-refractivity contribution in [1.29, 1.82) is 0 Å². The number of aromatic nitrogens is 3. The fourth-order valence-electron chi connectivity index (χ4n) is 1.44. The minimum Gasteiger partial charge on any atom is -0.461 e. The van der Waals surface area contributed by atoms with Crippen molar-refractivity contribution in [2.24, 2.45) is 7.05 Å². The van der Waals surface area contributed by atoms with Gasteiger partial charge in [-0.3, -0.25) is 4.68 Å². The molecule has 0 aliphatic rings. The highest BCUT2D eigenvalue weighted by atomic mass is 16.5. The third-order valence-corrected chi connectivity index (χ3v) is 2.19. The Kier molecular flexibility index (Phi) is 2.76. The Morgan fingerprint density at radius 2 is 2.44 bits per heavy atom. The van der Waals surface area contributed by atoms with Crippen LogP contribution in [-0.2, 0) is 11.8 Å². The van der Waals surface area contributed by atoms with Crippen molar-refractivity contribution >= 4 is 5.97 Å². The molecule has 2 heterocycles. The Hall–Kier alpha value is -2.04.